The highest BCUT2D eigenvalue weighted by molar-refractivity contribution is 7.81. The molecule has 0 aromatic heterocycles. The van der Waals surface area contributed by atoms with Crippen LogP contribution in [-0.4, -0.2) is 45.9 Å². The Balaban J connectivity index is 2.63. The van der Waals surface area contributed by atoms with Crippen molar-refractivity contribution in [3.8, 4) is 11.5 Å². The summed E-state index contributed by atoms with van der Waals surface area (Å²) in [6.45, 7) is 29.4. The average molecular weight is 998 g/mol. The lowest BCUT2D eigenvalue weighted by Crippen LogP contribution is -2.47. The van der Waals surface area contributed by atoms with Gasteiger partial charge in [-0.25, -0.2) is 0 Å². The third-order valence-corrected chi connectivity index (χ3v) is 14.8. The first kappa shape index (κ1) is 62.8. The maximum atomic E-state index is 15.4. The van der Waals surface area contributed by atoms with Crippen molar-refractivity contribution in [1.29, 1.82) is 0 Å². The Hall–Kier alpha value is -2.32. The highest BCUT2D eigenvalue weighted by Crippen LogP contribution is 2.45. The van der Waals surface area contributed by atoms with Crippen LogP contribution in [0, 0.1) is 5.41 Å². The molecular formula is C61H104O6S2. The second kappa shape index (κ2) is 30.0. The summed E-state index contributed by atoms with van der Waals surface area (Å²) in [6.07, 6.45) is 26.3. The van der Waals surface area contributed by atoms with E-state index in [1.165, 1.54) is 103 Å². The molecule has 69 heavy (non-hydrogen) atoms. The largest absolute Gasteiger partial charge is 0.507 e. The van der Waals surface area contributed by atoms with Crippen LogP contribution in [-0.2, 0) is 53.6 Å². The molecule has 2 rings (SSSR count). The van der Waals surface area contributed by atoms with Crippen LogP contribution in [0.25, 0.3) is 0 Å². The zero-order valence-electron chi connectivity index (χ0n) is 46.8. The lowest BCUT2D eigenvalue weighted by atomic mass is 9.71. The van der Waals surface area contributed by atoms with E-state index >= 15 is 9.59 Å². The molecule has 2 aromatic rings. The van der Waals surface area contributed by atoms with E-state index in [0.717, 1.165) is 71.9 Å². The Labute approximate surface area is 435 Å². The third kappa shape index (κ3) is 22.1. The van der Waals surface area contributed by atoms with Crippen LogP contribution < -0.4 is 0 Å². The molecule has 0 fully saturated rings. The number of thiol groups is 2. The molecule has 0 aliphatic heterocycles. The van der Waals surface area contributed by atoms with Crippen molar-refractivity contribution in [2.75, 3.05) is 13.2 Å². The number of benzene rings is 2. The number of hydrogen-bond acceptors (Lipinski definition) is 8. The van der Waals surface area contributed by atoms with Crippen LogP contribution in [0.3, 0.4) is 0 Å². The van der Waals surface area contributed by atoms with E-state index in [-0.39, 0.29) is 48.1 Å². The van der Waals surface area contributed by atoms with Crippen molar-refractivity contribution >= 4 is 37.2 Å². The fraction of sp³-hybridized carbons (Fsp3) is 0.770. The van der Waals surface area contributed by atoms with Gasteiger partial charge < -0.3 is 19.7 Å². The van der Waals surface area contributed by atoms with Gasteiger partial charge in [0.05, 0.1) is 0 Å². The molecule has 0 bridgehead atoms. The molecule has 0 heterocycles. The first-order valence-corrected chi connectivity index (χ1v) is 28.7. The maximum Gasteiger partial charge on any atom is 0.324 e. The van der Waals surface area contributed by atoms with E-state index in [9.17, 15) is 10.2 Å². The van der Waals surface area contributed by atoms with Gasteiger partial charge in [-0.3, -0.25) is 9.59 Å². The number of esters is 2. The molecule has 2 atom stereocenters. The maximum absolute atomic E-state index is 15.4. The quantitative estimate of drug-likeness (QED) is 0.0253. The Morgan fingerprint density at radius 1 is 0.435 bits per heavy atom. The third-order valence-electron chi connectivity index (χ3n) is 14.0. The normalized spacial score (nSPS) is 13.7. The molecule has 6 nitrogen and oxygen atoms in total. The molecular weight excluding hydrogens is 893 g/mol. The SMILES string of the molecule is CCCCCCCCCCCCC(S)COC(=O)C(Cc1cc(C(C)(C)C)c(O)c(C(C)(C)C)c1)(Cc1cc(C(C)(C)C)c(O)c(C(C)(C)C)c1)C(=O)OCC(S)CCCCCCCCCCCC. The number of carbonyl (C=O) groups is 2. The van der Waals surface area contributed by atoms with Gasteiger partial charge in [-0.1, -0.05) is 250 Å². The molecule has 0 aliphatic carbocycles. The van der Waals surface area contributed by atoms with E-state index in [2.05, 4.69) is 96.9 Å². The van der Waals surface area contributed by atoms with E-state index < -0.39 is 39.0 Å². The number of phenols is 2. The van der Waals surface area contributed by atoms with Gasteiger partial charge in [0.2, 0.25) is 0 Å². The van der Waals surface area contributed by atoms with Gasteiger partial charge in [0.25, 0.3) is 0 Å². The monoisotopic (exact) mass is 997 g/mol. The van der Waals surface area contributed by atoms with Gasteiger partial charge in [-0.05, 0) is 80.7 Å². The standard InChI is InChI=1S/C61H104O6S2/c1-15-17-19-21-23-25-27-29-31-33-35-47(68)43-66-55(64)61(41-45-37-49(57(3,4)5)53(62)50(38-45)58(6,7)8,42-46-39-51(59(9,10)11)54(63)52(40-46)60(12,13)14)56(65)67-44-48(69)36-34-32-30-28-26-24-22-20-18-16-2/h37-40,47-48,62-63,68-69H,15-36,41-44H2,1-14H3. The summed E-state index contributed by atoms with van der Waals surface area (Å²) in [7, 11) is 0. The molecule has 0 saturated heterocycles. The Morgan fingerprint density at radius 2 is 0.667 bits per heavy atom. The van der Waals surface area contributed by atoms with Crippen LogP contribution in [0.15, 0.2) is 24.3 Å². The lowest BCUT2D eigenvalue weighted by Gasteiger charge is -2.34. The van der Waals surface area contributed by atoms with Gasteiger partial charge >= 0.3 is 11.9 Å². The minimum atomic E-state index is -1.82. The highest BCUT2D eigenvalue weighted by Gasteiger charge is 2.50. The molecule has 2 N–H and O–H groups in total. The highest BCUT2D eigenvalue weighted by atomic mass is 32.1. The Morgan fingerprint density at radius 3 is 0.899 bits per heavy atom. The molecule has 0 amide bonds. The summed E-state index contributed by atoms with van der Waals surface area (Å²) >= 11 is 9.86. The number of phenolic OH excluding ortho intramolecular Hbond substituents is 2. The summed E-state index contributed by atoms with van der Waals surface area (Å²) < 4.78 is 12.7. The summed E-state index contributed by atoms with van der Waals surface area (Å²) in [5.74, 6) is -0.837. The van der Waals surface area contributed by atoms with Gasteiger partial charge in [0, 0.05) is 10.5 Å². The zero-order chi connectivity index (χ0) is 52.1. The summed E-state index contributed by atoms with van der Waals surface area (Å²) in [4.78, 5) is 30.7. The summed E-state index contributed by atoms with van der Waals surface area (Å²) in [5, 5.41) is 23.2. The molecule has 0 saturated carbocycles. The fourth-order valence-electron chi connectivity index (χ4n) is 9.53. The van der Waals surface area contributed by atoms with Crippen LogP contribution in [0.5, 0.6) is 11.5 Å². The topological polar surface area (TPSA) is 93.1 Å². The van der Waals surface area contributed by atoms with E-state index in [1.54, 1.807) is 0 Å². The van der Waals surface area contributed by atoms with Gasteiger partial charge in [0.1, 0.15) is 24.7 Å². The number of aromatic hydroxyl groups is 2. The van der Waals surface area contributed by atoms with Crippen molar-refractivity contribution in [2.45, 2.75) is 283 Å². The number of ether oxygens (including phenoxy) is 2. The predicted molar refractivity (Wildman–Crippen MR) is 301 cm³/mol. The van der Waals surface area contributed by atoms with Crippen LogP contribution >= 0.6 is 25.3 Å². The second-order valence-corrected chi connectivity index (χ2v) is 26.4. The predicted octanol–water partition coefficient (Wildman–Crippen LogP) is 17.4. The molecule has 8 heteroatoms. The Kier molecular flexibility index (Phi) is 27.3. The average Bonchev–Trinajstić information content (AvgIpc) is 3.25. The van der Waals surface area contributed by atoms with E-state index in [0.29, 0.717) is 0 Å². The van der Waals surface area contributed by atoms with Crippen molar-refractivity contribution in [3.63, 3.8) is 0 Å². The van der Waals surface area contributed by atoms with Crippen molar-refractivity contribution in [3.05, 3.63) is 57.6 Å². The van der Waals surface area contributed by atoms with E-state index in [4.69, 9.17) is 34.7 Å². The molecule has 2 aromatic carbocycles. The van der Waals surface area contributed by atoms with Crippen molar-refractivity contribution in [2.24, 2.45) is 5.41 Å². The van der Waals surface area contributed by atoms with Crippen LogP contribution in [0.1, 0.15) is 272 Å². The van der Waals surface area contributed by atoms with Gasteiger partial charge in [-0.2, -0.15) is 25.3 Å². The molecule has 0 aliphatic rings. The van der Waals surface area contributed by atoms with Crippen molar-refractivity contribution in [1.82, 2.24) is 0 Å². The molecule has 0 radical (unpaired) electrons. The van der Waals surface area contributed by atoms with Crippen LogP contribution in [0.2, 0.25) is 0 Å². The number of rotatable bonds is 32. The number of hydrogen-bond donors (Lipinski definition) is 4. The summed E-state index contributed by atoms with van der Waals surface area (Å²) in [5.41, 5.74) is 0.879. The van der Waals surface area contributed by atoms with Crippen molar-refractivity contribution < 1.29 is 29.3 Å². The minimum Gasteiger partial charge on any atom is -0.507 e. The Bertz CT molecular complexity index is 1600. The van der Waals surface area contributed by atoms with E-state index in [1.807, 2.05) is 24.3 Å². The van der Waals surface area contributed by atoms with Gasteiger partial charge in [-0.15, -0.1) is 0 Å². The minimum absolute atomic E-state index is 0.0148. The fourth-order valence-corrected chi connectivity index (χ4v) is 10.0. The van der Waals surface area contributed by atoms with Gasteiger partial charge in [0.15, 0.2) is 5.41 Å². The molecule has 396 valence electrons. The zero-order valence-corrected chi connectivity index (χ0v) is 48.6. The summed E-state index contributed by atoms with van der Waals surface area (Å²) in [6, 6.07) is 7.82. The lowest BCUT2D eigenvalue weighted by molar-refractivity contribution is -0.172. The molecule has 0 spiro atoms. The smallest absolute Gasteiger partial charge is 0.324 e. The number of unbranched alkanes of at least 4 members (excludes halogenated alkanes) is 18. The van der Waals surface area contributed by atoms with Crippen LogP contribution in [0.4, 0.5) is 0 Å². The second-order valence-electron chi connectivity index (χ2n) is 25.0. The molecule has 2 unspecified atom stereocenters. The first-order chi connectivity index (χ1) is 32.2. The number of carbonyl (C=O) groups excluding carboxylic acids is 2. The first-order valence-electron chi connectivity index (χ1n) is 27.6.